The Labute approximate surface area is 156 Å². The van der Waals surface area contributed by atoms with Crippen LogP contribution < -0.4 is 24.2 Å². The largest absolute Gasteiger partial charge is 0.493 e. The second-order valence-corrected chi connectivity index (χ2v) is 7.01. The van der Waals surface area contributed by atoms with Gasteiger partial charge >= 0.3 is 0 Å². The van der Waals surface area contributed by atoms with Crippen LogP contribution in [0.1, 0.15) is 0 Å². The first kappa shape index (κ1) is 20.5. The van der Waals surface area contributed by atoms with E-state index in [1.54, 1.807) is 0 Å². The van der Waals surface area contributed by atoms with Crippen LogP contribution in [0.25, 0.3) is 0 Å². The van der Waals surface area contributed by atoms with Crippen molar-refractivity contribution in [3.63, 3.8) is 0 Å². The zero-order valence-corrected chi connectivity index (χ0v) is 15.7. The fourth-order valence-corrected chi connectivity index (χ4v) is 3.20. The number of methoxy groups -OCH3 is 3. The molecule has 0 bridgehead atoms. The molecule has 0 aliphatic rings. The van der Waals surface area contributed by atoms with E-state index >= 15 is 0 Å². The summed E-state index contributed by atoms with van der Waals surface area (Å²) in [6, 6.07) is 7.26. The lowest BCUT2D eigenvalue weighted by Gasteiger charge is -2.14. The molecule has 0 aliphatic heterocycles. The molecule has 8 nitrogen and oxygen atoms in total. The number of rotatable bonds is 8. The van der Waals surface area contributed by atoms with E-state index in [0.717, 1.165) is 24.3 Å². The summed E-state index contributed by atoms with van der Waals surface area (Å²) < 4.78 is 54.8. The molecule has 0 aromatic heterocycles. The molecule has 0 saturated carbocycles. The second kappa shape index (κ2) is 8.69. The van der Waals surface area contributed by atoms with E-state index in [9.17, 15) is 17.6 Å². The standard InChI is InChI=1S/C17H19FN2O6S/c1-24-14-8-12(9-15(25-2)17(14)26-3)20-16(21)10-19-27(22,23)13-6-4-11(18)5-7-13/h4-9,19H,10H2,1-3H3,(H,20,21). The average molecular weight is 398 g/mol. The van der Waals surface area contributed by atoms with Gasteiger partial charge in [0.25, 0.3) is 0 Å². The highest BCUT2D eigenvalue weighted by Gasteiger charge is 2.17. The number of hydrogen-bond donors (Lipinski definition) is 2. The highest BCUT2D eigenvalue weighted by atomic mass is 32.2. The lowest BCUT2D eigenvalue weighted by molar-refractivity contribution is -0.115. The molecular weight excluding hydrogens is 379 g/mol. The first-order valence-corrected chi connectivity index (χ1v) is 9.14. The molecule has 0 spiro atoms. The van der Waals surface area contributed by atoms with Crippen molar-refractivity contribution in [2.75, 3.05) is 33.2 Å². The number of carbonyl (C=O) groups is 1. The Balaban J connectivity index is 2.08. The van der Waals surface area contributed by atoms with E-state index in [1.165, 1.54) is 33.5 Å². The van der Waals surface area contributed by atoms with Crippen molar-refractivity contribution in [2.24, 2.45) is 0 Å². The molecular formula is C17H19FN2O6S. The smallest absolute Gasteiger partial charge is 0.241 e. The van der Waals surface area contributed by atoms with Crippen molar-refractivity contribution in [1.82, 2.24) is 4.72 Å². The molecule has 146 valence electrons. The van der Waals surface area contributed by atoms with Gasteiger partial charge in [0.2, 0.25) is 21.7 Å². The molecule has 0 atom stereocenters. The minimum atomic E-state index is -3.95. The lowest BCUT2D eigenvalue weighted by Crippen LogP contribution is -2.32. The molecule has 10 heteroatoms. The number of hydrogen-bond acceptors (Lipinski definition) is 6. The van der Waals surface area contributed by atoms with Gasteiger partial charge in [-0.15, -0.1) is 0 Å². The van der Waals surface area contributed by atoms with Gasteiger partial charge < -0.3 is 19.5 Å². The third-order valence-electron chi connectivity index (χ3n) is 3.50. The van der Waals surface area contributed by atoms with Crippen LogP contribution in [0.5, 0.6) is 17.2 Å². The Bertz CT molecular complexity index is 891. The van der Waals surface area contributed by atoms with Crippen molar-refractivity contribution in [3.8, 4) is 17.2 Å². The number of ether oxygens (including phenoxy) is 3. The number of sulfonamides is 1. The minimum Gasteiger partial charge on any atom is -0.493 e. The van der Waals surface area contributed by atoms with Crippen LogP contribution >= 0.6 is 0 Å². The quantitative estimate of drug-likeness (QED) is 0.703. The first-order valence-electron chi connectivity index (χ1n) is 7.65. The van der Waals surface area contributed by atoms with E-state index in [4.69, 9.17) is 14.2 Å². The van der Waals surface area contributed by atoms with Crippen LogP contribution in [0.3, 0.4) is 0 Å². The van der Waals surface area contributed by atoms with Gasteiger partial charge in [0, 0.05) is 17.8 Å². The molecule has 0 radical (unpaired) electrons. The van der Waals surface area contributed by atoms with E-state index in [0.29, 0.717) is 22.9 Å². The predicted molar refractivity (Wildman–Crippen MR) is 96.3 cm³/mol. The van der Waals surface area contributed by atoms with Gasteiger partial charge in [0.15, 0.2) is 11.5 Å². The maximum Gasteiger partial charge on any atom is 0.241 e. The van der Waals surface area contributed by atoms with Crippen LogP contribution in [0, 0.1) is 5.82 Å². The number of halogens is 1. The molecule has 2 rings (SSSR count). The average Bonchev–Trinajstić information content (AvgIpc) is 2.66. The van der Waals surface area contributed by atoms with Gasteiger partial charge in [-0.05, 0) is 24.3 Å². The molecule has 0 heterocycles. The van der Waals surface area contributed by atoms with Crippen molar-refractivity contribution in [1.29, 1.82) is 0 Å². The second-order valence-electron chi connectivity index (χ2n) is 5.24. The Hall–Kier alpha value is -2.85. The summed E-state index contributed by atoms with van der Waals surface area (Å²) in [4.78, 5) is 11.9. The number of carbonyl (C=O) groups excluding carboxylic acids is 1. The van der Waals surface area contributed by atoms with Crippen molar-refractivity contribution in [2.45, 2.75) is 4.90 Å². The van der Waals surface area contributed by atoms with E-state index in [1.807, 2.05) is 0 Å². The van der Waals surface area contributed by atoms with Gasteiger partial charge in [-0.2, -0.15) is 0 Å². The van der Waals surface area contributed by atoms with Crippen molar-refractivity contribution in [3.05, 3.63) is 42.2 Å². The molecule has 1 amide bonds. The van der Waals surface area contributed by atoms with Crippen LogP contribution in [-0.4, -0.2) is 42.2 Å². The van der Waals surface area contributed by atoms with E-state index < -0.39 is 28.3 Å². The van der Waals surface area contributed by atoms with Gasteiger partial charge in [0.1, 0.15) is 5.82 Å². The normalized spacial score (nSPS) is 11.0. The van der Waals surface area contributed by atoms with Gasteiger partial charge in [0.05, 0.1) is 32.8 Å². The molecule has 0 aliphatic carbocycles. The summed E-state index contributed by atoms with van der Waals surface area (Å²) in [7, 11) is 0.360. The molecule has 2 aromatic rings. The number of amides is 1. The molecule has 2 aromatic carbocycles. The lowest BCUT2D eigenvalue weighted by atomic mass is 10.2. The Morgan fingerprint density at radius 3 is 2.04 bits per heavy atom. The Kier molecular flexibility index (Phi) is 6.59. The van der Waals surface area contributed by atoms with Crippen LogP contribution in [0.15, 0.2) is 41.3 Å². The zero-order chi connectivity index (χ0) is 20.0. The number of nitrogens with one attached hydrogen (secondary N) is 2. The van der Waals surface area contributed by atoms with Crippen LogP contribution in [0.2, 0.25) is 0 Å². The fourth-order valence-electron chi connectivity index (χ4n) is 2.22. The summed E-state index contributed by atoms with van der Waals surface area (Å²) in [5.41, 5.74) is 0.329. The monoisotopic (exact) mass is 398 g/mol. The molecule has 0 unspecified atom stereocenters. The Morgan fingerprint density at radius 1 is 1.00 bits per heavy atom. The highest BCUT2D eigenvalue weighted by Crippen LogP contribution is 2.39. The van der Waals surface area contributed by atoms with Crippen molar-refractivity contribution >= 4 is 21.6 Å². The third-order valence-corrected chi connectivity index (χ3v) is 4.91. The molecule has 0 saturated heterocycles. The summed E-state index contributed by atoms with van der Waals surface area (Å²) in [6.07, 6.45) is 0. The SMILES string of the molecule is COc1cc(NC(=O)CNS(=O)(=O)c2ccc(F)cc2)cc(OC)c1OC. The number of benzene rings is 2. The summed E-state index contributed by atoms with van der Waals surface area (Å²) in [5, 5.41) is 2.53. The number of anilines is 1. The summed E-state index contributed by atoms with van der Waals surface area (Å²) in [5.74, 6) is -0.155. The van der Waals surface area contributed by atoms with Gasteiger partial charge in [-0.1, -0.05) is 0 Å². The van der Waals surface area contributed by atoms with Crippen LogP contribution in [0.4, 0.5) is 10.1 Å². The minimum absolute atomic E-state index is 0.149. The van der Waals surface area contributed by atoms with Crippen LogP contribution in [-0.2, 0) is 14.8 Å². The van der Waals surface area contributed by atoms with Gasteiger partial charge in [-0.3, -0.25) is 4.79 Å². The summed E-state index contributed by atoms with van der Waals surface area (Å²) >= 11 is 0. The zero-order valence-electron chi connectivity index (χ0n) is 14.9. The maximum absolute atomic E-state index is 12.9. The third kappa shape index (κ3) is 5.08. The molecule has 0 fully saturated rings. The highest BCUT2D eigenvalue weighted by molar-refractivity contribution is 7.89. The van der Waals surface area contributed by atoms with Gasteiger partial charge in [-0.25, -0.2) is 17.5 Å². The maximum atomic E-state index is 12.9. The fraction of sp³-hybridized carbons (Fsp3) is 0.235. The first-order chi connectivity index (χ1) is 12.8. The van der Waals surface area contributed by atoms with E-state index in [-0.39, 0.29) is 4.90 Å². The molecule has 2 N–H and O–H groups in total. The molecule has 27 heavy (non-hydrogen) atoms. The predicted octanol–water partition coefficient (Wildman–Crippen LogP) is 1.77. The van der Waals surface area contributed by atoms with E-state index in [2.05, 4.69) is 10.0 Å². The topological polar surface area (TPSA) is 103 Å². The Morgan fingerprint density at radius 2 is 1.56 bits per heavy atom. The summed E-state index contributed by atoms with van der Waals surface area (Å²) in [6.45, 7) is -0.517. The van der Waals surface area contributed by atoms with Crippen molar-refractivity contribution < 1.29 is 31.8 Å².